The van der Waals surface area contributed by atoms with Crippen LogP contribution < -0.4 is 5.32 Å². The Bertz CT molecular complexity index is 442. The Kier molecular flexibility index (Phi) is 5.59. The van der Waals surface area contributed by atoms with Gasteiger partial charge in [-0.05, 0) is 69.8 Å². The van der Waals surface area contributed by atoms with Crippen LogP contribution in [-0.4, -0.2) is 36.6 Å². The van der Waals surface area contributed by atoms with Crippen molar-refractivity contribution in [3.8, 4) is 0 Å². The van der Waals surface area contributed by atoms with Gasteiger partial charge in [-0.2, -0.15) is 0 Å². The zero-order valence-electron chi connectivity index (χ0n) is 14.0. The standard InChI is InChI=1S/C18H29NO4/c1-2-22-18-14(7-4-10-20)15(12-8-9-12)11-16(23-18)17(21)19-13-5-3-6-13/h11-15,18,20H,2-10H2,1H3,(H,19,21)/t14-,15-,18-/m0/s1. The quantitative estimate of drug-likeness (QED) is 0.719. The SMILES string of the molecule is CCO[C@H]1OC(C(=O)NC2CCC2)=C[C@@H](C2CC2)[C@@H]1CCCO. The molecule has 3 rings (SSSR count). The first kappa shape index (κ1) is 16.8. The van der Waals surface area contributed by atoms with Crippen molar-refractivity contribution in [2.45, 2.75) is 64.2 Å². The van der Waals surface area contributed by atoms with Gasteiger partial charge in [0.2, 0.25) is 6.29 Å². The van der Waals surface area contributed by atoms with Crippen molar-refractivity contribution in [1.82, 2.24) is 5.32 Å². The summed E-state index contributed by atoms with van der Waals surface area (Å²) in [5, 5.41) is 12.2. The lowest BCUT2D eigenvalue weighted by molar-refractivity contribution is -0.174. The maximum Gasteiger partial charge on any atom is 0.286 e. The molecule has 0 unspecified atom stereocenters. The Morgan fingerprint density at radius 3 is 2.74 bits per heavy atom. The van der Waals surface area contributed by atoms with Crippen LogP contribution in [0.25, 0.3) is 0 Å². The van der Waals surface area contributed by atoms with E-state index in [4.69, 9.17) is 14.6 Å². The number of carbonyl (C=O) groups excluding carboxylic acids is 1. The average Bonchev–Trinajstić information content (AvgIpc) is 3.33. The van der Waals surface area contributed by atoms with Crippen molar-refractivity contribution in [3.05, 3.63) is 11.8 Å². The minimum Gasteiger partial charge on any atom is -0.459 e. The smallest absolute Gasteiger partial charge is 0.286 e. The van der Waals surface area contributed by atoms with Crippen LogP contribution in [0.3, 0.4) is 0 Å². The van der Waals surface area contributed by atoms with E-state index < -0.39 is 0 Å². The van der Waals surface area contributed by atoms with Gasteiger partial charge in [0.15, 0.2) is 5.76 Å². The second-order valence-electron chi connectivity index (χ2n) is 7.02. The van der Waals surface area contributed by atoms with E-state index in [1.807, 2.05) is 13.0 Å². The molecule has 2 aliphatic carbocycles. The monoisotopic (exact) mass is 323 g/mol. The molecule has 1 aliphatic heterocycles. The minimum absolute atomic E-state index is 0.0920. The van der Waals surface area contributed by atoms with Gasteiger partial charge in [0.1, 0.15) is 0 Å². The third kappa shape index (κ3) is 4.07. The maximum atomic E-state index is 12.5. The predicted molar refractivity (Wildman–Crippen MR) is 86.4 cm³/mol. The van der Waals surface area contributed by atoms with E-state index in [9.17, 15) is 4.79 Å². The summed E-state index contributed by atoms with van der Waals surface area (Å²) in [7, 11) is 0. The molecule has 5 heteroatoms. The molecule has 1 amide bonds. The Balaban J connectivity index is 1.72. The van der Waals surface area contributed by atoms with Crippen molar-refractivity contribution >= 4 is 5.91 Å². The van der Waals surface area contributed by atoms with E-state index in [0.717, 1.165) is 25.7 Å². The molecule has 2 N–H and O–H groups in total. The molecule has 3 atom stereocenters. The van der Waals surface area contributed by atoms with Crippen LogP contribution in [-0.2, 0) is 14.3 Å². The Morgan fingerprint density at radius 1 is 1.39 bits per heavy atom. The van der Waals surface area contributed by atoms with Crippen LogP contribution in [0, 0.1) is 17.8 Å². The first-order valence-corrected chi connectivity index (χ1v) is 9.14. The molecule has 23 heavy (non-hydrogen) atoms. The molecule has 1 heterocycles. The van der Waals surface area contributed by atoms with E-state index in [2.05, 4.69) is 5.32 Å². The van der Waals surface area contributed by atoms with Gasteiger partial charge in [0.25, 0.3) is 5.91 Å². The molecule has 5 nitrogen and oxygen atoms in total. The van der Waals surface area contributed by atoms with Crippen molar-refractivity contribution in [2.24, 2.45) is 17.8 Å². The number of aliphatic hydroxyl groups excluding tert-OH is 1. The number of allylic oxidation sites excluding steroid dienone is 1. The molecule has 0 radical (unpaired) electrons. The zero-order valence-corrected chi connectivity index (χ0v) is 14.0. The lowest BCUT2D eigenvalue weighted by Gasteiger charge is -2.37. The van der Waals surface area contributed by atoms with Gasteiger partial charge in [-0.1, -0.05) is 0 Å². The lowest BCUT2D eigenvalue weighted by Crippen LogP contribution is -2.44. The van der Waals surface area contributed by atoms with Crippen molar-refractivity contribution < 1.29 is 19.4 Å². The summed E-state index contributed by atoms with van der Waals surface area (Å²) in [5.41, 5.74) is 0. The molecule has 0 aromatic heterocycles. The molecule has 0 bridgehead atoms. The van der Waals surface area contributed by atoms with Crippen LogP contribution in [0.15, 0.2) is 11.8 Å². The van der Waals surface area contributed by atoms with E-state index in [0.29, 0.717) is 30.2 Å². The lowest BCUT2D eigenvalue weighted by atomic mass is 9.82. The number of rotatable bonds is 8. The summed E-state index contributed by atoms with van der Waals surface area (Å²) in [6, 6.07) is 0.309. The molecule has 0 saturated heterocycles. The zero-order chi connectivity index (χ0) is 16.2. The maximum absolute atomic E-state index is 12.5. The van der Waals surface area contributed by atoms with Crippen LogP contribution in [0.4, 0.5) is 0 Å². The van der Waals surface area contributed by atoms with Gasteiger partial charge in [-0.3, -0.25) is 4.79 Å². The van der Waals surface area contributed by atoms with E-state index in [-0.39, 0.29) is 24.7 Å². The number of hydrogen-bond acceptors (Lipinski definition) is 4. The van der Waals surface area contributed by atoms with Crippen LogP contribution in [0.1, 0.15) is 51.9 Å². The third-order valence-corrected chi connectivity index (χ3v) is 5.29. The van der Waals surface area contributed by atoms with Gasteiger partial charge in [0.05, 0.1) is 0 Å². The van der Waals surface area contributed by atoms with E-state index >= 15 is 0 Å². The minimum atomic E-state index is -0.371. The number of carbonyl (C=O) groups is 1. The molecule has 0 aromatic carbocycles. The Morgan fingerprint density at radius 2 is 2.17 bits per heavy atom. The molecular weight excluding hydrogens is 294 g/mol. The highest BCUT2D eigenvalue weighted by Crippen LogP contribution is 2.47. The van der Waals surface area contributed by atoms with Crippen molar-refractivity contribution in [1.29, 1.82) is 0 Å². The highest BCUT2D eigenvalue weighted by atomic mass is 16.7. The normalized spacial score (nSPS) is 31.0. The fourth-order valence-corrected chi connectivity index (χ4v) is 3.61. The molecule has 130 valence electrons. The van der Waals surface area contributed by atoms with Gasteiger partial charge in [-0.15, -0.1) is 0 Å². The van der Waals surface area contributed by atoms with Crippen molar-refractivity contribution in [2.75, 3.05) is 13.2 Å². The van der Waals surface area contributed by atoms with E-state index in [1.165, 1.54) is 19.3 Å². The molecule has 0 spiro atoms. The number of aliphatic hydroxyl groups is 1. The van der Waals surface area contributed by atoms with Crippen LogP contribution in [0.2, 0.25) is 0 Å². The molecule has 3 aliphatic rings. The largest absolute Gasteiger partial charge is 0.459 e. The second kappa shape index (κ2) is 7.67. The summed E-state index contributed by atoms with van der Waals surface area (Å²) >= 11 is 0. The van der Waals surface area contributed by atoms with Crippen LogP contribution in [0.5, 0.6) is 0 Å². The van der Waals surface area contributed by atoms with Gasteiger partial charge in [-0.25, -0.2) is 0 Å². The summed E-state index contributed by atoms with van der Waals surface area (Å²) in [5.74, 6) is 1.54. The number of nitrogens with one attached hydrogen (secondary N) is 1. The van der Waals surface area contributed by atoms with Gasteiger partial charge >= 0.3 is 0 Å². The third-order valence-electron chi connectivity index (χ3n) is 5.29. The van der Waals surface area contributed by atoms with E-state index in [1.54, 1.807) is 0 Å². The molecule has 2 saturated carbocycles. The van der Waals surface area contributed by atoms with Gasteiger partial charge < -0.3 is 19.9 Å². The Labute approximate surface area is 138 Å². The highest BCUT2D eigenvalue weighted by Gasteiger charge is 2.44. The fourth-order valence-electron chi connectivity index (χ4n) is 3.61. The number of ether oxygens (including phenoxy) is 2. The average molecular weight is 323 g/mol. The van der Waals surface area contributed by atoms with Crippen LogP contribution >= 0.6 is 0 Å². The summed E-state index contributed by atoms with van der Waals surface area (Å²) in [4.78, 5) is 12.5. The first-order chi connectivity index (χ1) is 11.2. The summed E-state index contributed by atoms with van der Waals surface area (Å²) in [6.45, 7) is 2.70. The van der Waals surface area contributed by atoms with Crippen molar-refractivity contribution in [3.63, 3.8) is 0 Å². The topological polar surface area (TPSA) is 67.8 Å². The molecular formula is C18H29NO4. The van der Waals surface area contributed by atoms with Gasteiger partial charge in [0, 0.05) is 25.2 Å². The highest BCUT2D eigenvalue weighted by molar-refractivity contribution is 5.91. The summed E-state index contributed by atoms with van der Waals surface area (Å²) < 4.78 is 11.7. The first-order valence-electron chi connectivity index (χ1n) is 9.14. The number of hydrogen-bond donors (Lipinski definition) is 2. The fraction of sp³-hybridized carbons (Fsp3) is 0.833. The predicted octanol–water partition coefficient (Wildman–Crippen LogP) is 2.35. The molecule has 0 aromatic rings. The molecule has 2 fully saturated rings. The second-order valence-corrected chi connectivity index (χ2v) is 7.02. The Hall–Kier alpha value is -1.07. The number of amides is 1. The summed E-state index contributed by atoms with van der Waals surface area (Å²) in [6.07, 6.45) is 9.04.